The summed E-state index contributed by atoms with van der Waals surface area (Å²) in [6, 6.07) is 6.81. The van der Waals surface area contributed by atoms with Gasteiger partial charge in [0, 0.05) is 33.1 Å². The molecule has 0 unspecified atom stereocenters. The molecule has 2 rings (SSSR count). The fourth-order valence-electron chi connectivity index (χ4n) is 2.39. The van der Waals surface area contributed by atoms with E-state index in [4.69, 9.17) is 10.5 Å². The van der Waals surface area contributed by atoms with Gasteiger partial charge in [-0.15, -0.1) is 0 Å². The number of nitrogens with zero attached hydrogens (tertiary/aromatic N) is 2. The highest BCUT2D eigenvalue weighted by atomic mass is 16.5. The molecule has 1 aromatic carbocycles. The Balaban J connectivity index is 1.78. The maximum absolute atomic E-state index is 12.1. The molecule has 0 aliphatic carbocycles. The first-order valence-electron chi connectivity index (χ1n) is 7.39. The Morgan fingerprint density at radius 3 is 2.17 bits per heavy atom. The molecule has 123 valence electrons. The molecule has 1 aromatic rings. The zero-order chi connectivity index (χ0) is 16.8. The standard InChI is InChI=1S/C16H20N3O4/c1-12(20)18-8-10-19(11-9-18)15(21)7-4-13-2-5-14(6-3-13)23-16(17)22/h2-3,5-7H,4,8-11H2,1H3,(H2,17,22). The van der Waals surface area contributed by atoms with Crippen LogP contribution in [0.4, 0.5) is 4.79 Å². The Morgan fingerprint density at radius 2 is 1.65 bits per heavy atom. The summed E-state index contributed by atoms with van der Waals surface area (Å²) in [5.41, 5.74) is 5.86. The van der Waals surface area contributed by atoms with Crippen LogP contribution in [0.25, 0.3) is 0 Å². The van der Waals surface area contributed by atoms with Crippen molar-refractivity contribution in [2.24, 2.45) is 5.73 Å². The largest absolute Gasteiger partial charge is 0.411 e. The van der Waals surface area contributed by atoms with E-state index in [0.717, 1.165) is 5.56 Å². The van der Waals surface area contributed by atoms with Gasteiger partial charge in [-0.3, -0.25) is 9.59 Å². The number of ether oxygens (including phenoxy) is 1. The maximum atomic E-state index is 12.1. The number of nitrogens with two attached hydrogens (primary N) is 1. The van der Waals surface area contributed by atoms with E-state index in [1.54, 1.807) is 40.5 Å². The molecule has 0 saturated carbocycles. The monoisotopic (exact) mass is 318 g/mol. The van der Waals surface area contributed by atoms with E-state index < -0.39 is 6.09 Å². The van der Waals surface area contributed by atoms with Crippen LogP contribution in [0.15, 0.2) is 24.3 Å². The van der Waals surface area contributed by atoms with Crippen molar-refractivity contribution in [1.82, 2.24) is 9.80 Å². The second-order valence-corrected chi connectivity index (χ2v) is 5.30. The van der Waals surface area contributed by atoms with E-state index in [9.17, 15) is 14.4 Å². The molecule has 0 spiro atoms. The van der Waals surface area contributed by atoms with E-state index in [-0.39, 0.29) is 11.8 Å². The van der Waals surface area contributed by atoms with Gasteiger partial charge in [0.2, 0.25) is 11.8 Å². The second-order valence-electron chi connectivity index (χ2n) is 5.30. The molecule has 0 bridgehead atoms. The van der Waals surface area contributed by atoms with Crippen molar-refractivity contribution >= 4 is 17.9 Å². The van der Waals surface area contributed by atoms with E-state index in [2.05, 4.69) is 0 Å². The van der Waals surface area contributed by atoms with Crippen LogP contribution in [0.2, 0.25) is 0 Å². The normalized spacial score (nSPS) is 14.5. The van der Waals surface area contributed by atoms with Crippen LogP contribution in [0.1, 0.15) is 12.5 Å². The molecule has 1 heterocycles. The summed E-state index contributed by atoms with van der Waals surface area (Å²) in [7, 11) is 0. The van der Waals surface area contributed by atoms with Gasteiger partial charge >= 0.3 is 6.09 Å². The molecule has 1 radical (unpaired) electrons. The molecule has 1 fully saturated rings. The van der Waals surface area contributed by atoms with Crippen LogP contribution in [0.3, 0.4) is 0 Å². The average molecular weight is 318 g/mol. The summed E-state index contributed by atoms with van der Waals surface area (Å²) in [5.74, 6) is 0.373. The minimum absolute atomic E-state index is 0.0364. The highest BCUT2D eigenvalue weighted by Crippen LogP contribution is 2.14. The number of rotatable bonds is 4. The minimum atomic E-state index is -0.857. The lowest BCUT2D eigenvalue weighted by atomic mass is 10.1. The van der Waals surface area contributed by atoms with Gasteiger partial charge in [-0.05, 0) is 24.1 Å². The van der Waals surface area contributed by atoms with Crippen molar-refractivity contribution in [3.8, 4) is 5.75 Å². The predicted octanol–water partition coefficient (Wildman–Crippen LogP) is 0.582. The molecule has 1 aliphatic heterocycles. The number of hydrogen-bond donors (Lipinski definition) is 1. The van der Waals surface area contributed by atoms with E-state index in [1.807, 2.05) is 0 Å². The Bertz CT molecular complexity index is 577. The van der Waals surface area contributed by atoms with Crippen LogP contribution in [-0.4, -0.2) is 53.9 Å². The van der Waals surface area contributed by atoms with E-state index in [0.29, 0.717) is 38.3 Å². The van der Waals surface area contributed by atoms with Gasteiger partial charge in [-0.1, -0.05) is 12.1 Å². The maximum Gasteiger partial charge on any atom is 0.409 e. The zero-order valence-corrected chi connectivity index (χ0v) is 13.0. The Labute approximate surface area is 135 Å². The lowest BCUT2D eigenvalue weighted by Gasteiger charge is -2.34. The lowest BCUT2D eigenvalue weighted by Crippen LogP contribution is -2.50. The smallest absolute Gasteiger partial charge is 0.409 e. The summed E-state index contributed by atoms with van der Waals surface area (Å²) in [4.78, 5) is 37.5. The highest BCUT2D eigenvalue weighted by Gasteiger charge is 2.22. The number of carbonyl (C=O) groups is 3. The molecule has 3 amide bonds. The SMILES string of the molecule is CC(=O)N1CCN(C(=O)[CH]Cc2ccc(OC(N)=O)cc2)CC1. The Hall–Kier alpha value is -2.57. The summed E-state index contributed by atoms with van der Waals surface area (Å²) < 4.78 is 4.74. The third-order valence-corrected chi connectivity index (χ3v) is 3.69. The lowest BCUT2D eigenvalue weighted by molar-refractivity contribution is -0.136. The van der Waals surface area contributed by atoms with Crippen molar-refractivity contribution in [3.05, 3.63) is 36.2 Å². The Kier molecular flexibility index (Phi) is 5.56. The fraction of sp³-hybridized carbons (Fsp3) is 0.375. The van der Waals surface area contributed by atoms with Crippen LogP contribution in [-0.2, 0) is 16.0 Å². The topological polar surface area (TPSA) is 92.9 Å². The van der Waals surface area contributed by atoms with Crippen LogP contribution in [0.5, 0.6) is 5.75 Å². The summed E-state index contributed by atoms with van der Waals surface area (Å²) >= 11 is 0. The van der Waals surface area contributed by atoms with Gasteiger partial charge in [0.05, 0.1) is 6.42 Å². The fourth-order valence-corrected chi connectivity index (χ4v) is 2.39. The van der Waals surface area contributed by atoms with E-state index in [1.165, 1.54) is 6.92 Å². The number of primary amides is 1. The first-order valence-corrected chi connectivity index (χ1v) is 7.39. The highest BCUT2D eigenvalue weighted by molar-refractivity contribution is 5.85. The molecule has 23 heavy (non-hydrogen) atoms. The number of amides is 3. The van der Waals surface area contributed by atoms with Gasteiger partial charge in [-0.2, -0.15) is 0 Å². The van der Waals surface area contributed by atoms with Crippen molar-refractivity contribution in [2.45, 2.75) is 13.3 Å². The van der Waals surface area contributed by atoms with E-state index >= 15 is 0 Å². The molecular weight excluding hydrogens is 298 g/mol. The number of hydrogen-bond acceptors (Lipinski definition) is 4. The third-order valence-electron chi connectivity index (χ3n) is 3.69. The van der Waals surface area contributed by atoms with Crippen LogP contribution in [0, 0.1) is 6.42 Å². The number of piperazine rings is 1. The minimum Gasteiger partial charge on any atom is -0.411 e. The van der Waals surface area contributed by atoms with Crippen molar-refractivity contribution in [1.29, 1.82) is 0 Å². The third kappa shape index (κ3) is 4.98. The van der Waals surface area contributed by atoms with Crippen molar-refractivity contribution in [3.63, 3.8) is 0 Å². The van der Waals surface area contributed by atoms with Crippen molar-refractivity contribution in [2.75, 3.05) is 26.2 Å². The number of benzene rings is 1. The van der Waals surface area contributed by atoms with Gasteiger partial charge < -0.3 is 20.3 Å². The molecule has 0 aromatic heterocycles. The molecule has 1 saturated heterocycles. The predicted molar refractivity (Wildman–Crippen MR) is 83.5 cm³/mol. The molecule has 0 atom stereocenters. The van der Waals surface area contributed by atoms with Gasteiger partial charge in [-0.25, -0.2) is 4.79 Å². The summed E-state index contributed by atoms with van der Waals surface area (Å²) in [6.07, 6.45) is 1.25. The quantitative estimate of drug-likeness (QED) is 0.879. The van der Waals surface area contributed by atoms with Crippen LogP contribution < -0.4 is 10.5 Å². The number of carbonyl (C=O) groups excluding carboxylic acids is 3. The first kappa shape index (κ1) is 16.8. The average Bonchev–Trinajstić information content (AvgIpc) is 2.53. The molecular formula is C16H20N3O4. The second kappa shape index (κ2) is 7.62. The first-order chi connectivity index (χ1) is 11.0. The molecule has 2 N–H and O–H groups in total. The molecule has 1 aliphatic rings. The molecule has 7 heteroatoms. The van der Waals surface area contributed by atoms with Crippen LogP contribution >= 0.6 is 0 Å². The zero-order valence-electron chi connectivity index (χ0n) is 13.0. The summed E-state index contributed by atoms with van der Waals surface area (Å²) in [5, 5.41) is 0. The Morgan fingerprint density at radius 1 is 1.09 bits per heavy atom. The van der Waals surface area contributed by atoms with Crippen molar-refractivity contribution < 1.29 is 19.1 Å². The van der Waals surface area contributed by atoms with Gasteiger partial charge in [0.25, 0.3) is 0 Å². The molecule has 7 nitrogen and oxygen atoms in total. The summed E-state index contributed by atoms with van der Waals surface area (Å²) in [6.45, 7) is 3.80. The van der Waals surface area contributed by atoms with Gasteiger partial charge in [0.15, 0.2) is 0 Å². The van der Waals surface area contributed by atoms with Gasteiger partial charge in [0.1, 0.15) is 5.75 Å².